The van der Waals surface area contributed by atoms with Gasteiger partial charge in [0.05, 0.1) is 17.4 Å². The smallest absolute Gasteiger partial charge is 0.266 e. The van der Waals surface area contributed by atoms with Crippen LogP contribution in [0.3, 0.4) is 0 Å². The van der Waals surface area contributed by atoms with Crippen LogP contribution in [0.4, 0.5) is 0 Å². The Kier molecular flexibility index (Phi) is 5.27. The van der Waals surface area contributed by atoms with Crippen LogP contribution in [0.2, 0.25) is 5.02 Å². The molecule has 1 aliphatic heterocycles. The predicted octanol–water partition coefficient (Wildman–Crippen LogP) is 5.05. The third kappa shape index (κ3) is 3.92. The fraction of sp³-hybridized carbons (Fsp3) is 0.350. The molecule has 0 aliphatic carbocycles. The van der Waals surface area contributed by atoms with E-state index in [0.29, 0.717) is 28.8 Å². The fourth-order valence-corrected chi connectivity index (χ4v) is 4.45. The highest BCUT2D eigenvalue weighted by Crippen LogP contribution is 2.33. The molecule has 1 aliphatic rings. The molecular weight excluding hydrogens is 382 g/mol. The highest BCUT2D eigenvalue weighted by Gasteiger charge is 2.33. The van der Waals surface area contributed by atoms with Crippen LogP contribution in [0.25, 0.3) is 0 Å². The van der Waals surface area contributed by atoms with Crippen molar-refractivity contribution < 1.29 is 9.21 Å². The molecule has 2 aromatic heterocycles. The lowest BCUT2D eigenvalue weighted by molar-refractivity contribution is 0.0574. The predicted molar refractivity (Wildman–Crippen MR) is 105 cm³/mol. The Bertz CT molecular complexity index is 952. The number of oxazole rings is 1. The first-order valence-electron chi connectivity index (χ1n) is 9.02. The molecule has 3 heterocycles. The number of halogens is 1. The molecule has 5 nitrogen and oxygen atoms in total. The number of carbonyl (C=O) groups is 1. The van der Waals surface area contributed by atoms with E-state index in [1.807, 2.05) is 36.1 Å². The number of carbonyl (C=O) groups excluding carboxylic acids is 1. The first kappa shape index (κ1) is 18.2. The van der Waals surface area contributed by atoms with Crippen LogP contribution in [0.1, 0.15) is 57.9 Å². The van der Waals surface area contributed by atoms with Crippen molar-refractivity contribution in [2.75, 3.05) is 6.54 Å². The molecule has 1 atom stereocenters. The van der Waals surface area contributed by atoms with Crippen molar-refractivity contribution in [3.63, 3.8) is 0 Å². The zero-order valence-electron chi connectivity index (χ0n) is 15.0. The number of piperidine rings is 1. The maximum atomic E-state index is 13.0. The van der Waals surface area contributed by atoms with E-state index in [-0.39, 0.29) is 11.9 Å². The number of benzene rings is 1. The highest BCUT2D eigenvalue weighted by atomic mass is 35.5. The molecule has 0 bridgehead atoms. The van der Waals surface area contributed by atoms with Gasteiger partial charge in [-0.1, -0.05) is 23.7 Å². The van der Waals surface area contributed by atoms with Gasteiger partial charge < -0.3 is 9.32 Å². The van der Waals surface area contributed by atoms with Crippen molar-refractivity contribution in [2.45, 2.75) is 38.6 Å². The molecule has 1 unspecified atom stereocenters. The molecule has 0 radical (unpaired) electrons. The standard InChI is InChI=1S/C20H20ClN3O2S/c1-13-18(27-12-23-13)20(25)24-8-3-2-7-17(24)19-22-11-16(26-19)10-14-5-4-6-15(21)9-14/h4-6,9,11-12,17H,2-3,7-8,10H2,1H3. The first-order valence-corrected chi connectivity index (χ1v) is 10.3. The summed E-state index contributed by atoms with van der Waals surface area (Å²) in [5.41, 5.74) is 3.57. The van der Waals surface area contributed by atoms with Gasteiger partial charge in [0.25, 0.3) is 5.91 Å². The van der Waals surface area contributed by atoms with Gasteiger partial charge in [0.2, 0.25) is 5.89 Å². The van der Waals surface area contributed by atoms with Gasteiger partial charge in [0.15, 0.2) is 0 Å². The monoisotopic (exact) mass is 401 g/mol. The lowest BCUT2D eigenvalue weighted by atomic mass is 10.0. The number of rotatable bonds is 4. The first-order chi connectivity index (χ1) is 13.1. The molecule has 1 amide bonds. The maximum absolute atomic E-state index is 13.0. The zero-order chi connectivity index (χ0) is 18.8. The summed E-state index contributed by atoms with van der Waals surface area (Å²) in [7, 11) is 0. The van der Waals surface area contributed by atoms with E-state index in [9.17, 15) is 4.79 Å². The van der Waals surface area contributed by atoms with E-state index in [1.165, 1.54) is 11.3 Å². The van der Waals surface area contributed by atoms with Gasteiger partial charge in [-0.15, -0.1) is 11.3 Å². The van der Waals surface area contributed by atoms with Gasteiger partial charge in [-0.05, 0) is 43.9 Å². The van der Waals surface area contributed by atoms with Gasteiger partial charge in [0.1, 0.15) is 16.7 Å². The van der Waals surface area contributed by atoms with Crippen LogP contribution in [0, 0.1) is 6.92 Å². The number of nitrogens with zero attached hydrogens (tertiary/aromatic N) is 3. The Morgan fingerprint density at radius 1 is 1.37 bits per heavy atom. The van der Waals surface area contributed by atoms with Gasteiger partial charge >= 0.3 is 0 Å². The summed E-state index contributed by atoms with van der Waals surface area (Å²) in [4.78, 5) is 24.3. The summed E-state index contributed by atoms with van der Waals surface area (Å²) in [6.45, 7) is 2.59. The molecular formula is C20H20ClN3O2S. The van der Waals surface area contributed by atoms with Crippen molar-refractivity contribution >= 4 is 28.8 Å². The molecule has 1 saturated heterocycles. The highest BCUT2D eigenvalue weighted by molar-refractivity contribution is 7.11. The average molecular weight is 402 g/mol. The van der Waals surface area contributed by atoms with Crippen molar-refractivity contribution in [2.24, 2.45) is 0 Å². The summed E-state index contributed by atoms with van der Waals surface area (Å²) in [6, 6.07) is 7.59. The number of likely N-dealkylation sites (tertiary alicyclic amines) is 1. The third-order valence-electron chi connectivity index (χ3n) is 4.83. The van der Waals surface area contributed by atoms with E-state index >= 15 is 0 Å². The van der Waals surface area contributed by atoms with Gasteiger partial charge in [-0.2, -0.15) is 0 Å². The van der Waals surface area contributed by atoms with Crippen LogP contribution in [0.5, 0.6) is 0 Å². The quantitative estimate of drug-likeness (QED) is 0.613. The van der Waals surface area contributed by atoms with Gasteiger partial charge in [0, 0.05) is 18.0 Å². The third-order valence-corrected chi connectivity index (χ3v) is 5.98. The van der Waals surface area contributed by atoms with Gasteiger partial charge in [-0.25, -0.2) is 9.97 Å². The average Bonchev–Trinajstić information content (AvgIpc) is 3.30. The summed E-state index contributed by atoms with van der Waals surface area (Å²) in [5.74, 6) is 1.41. The molecule has 140 valence electrons. The SMILES string of the molecule is Cc1ncsc1C(=O)N1CCCCC1c1ncc(Cc2cccc(Cl)c2)o1. The van der Waals surface area contributed by atoms with Crippen LogP contribution >= 0.6 is 22.9 Å². The molecule has 7 heteroatoms. The minimum Gasteiger partial charge on any atom is -0.443 e. The van der Waals surface area contributed by atoms with Crippen LogP contribution in [-0.2, 0) is 6.42 Å². The molecule has 0 spiro atoms. The lowest BCUT2D eigenvalue weighted by Gasteiger charge is -2.33. The summed E-state index contributed by atoms with van der Waals surface area (Å²) >= 11 is 7.45. The Hall–Kier alpha value is -2.18. The minimum atomic E-state index is -0.124. The molecule has 1 fully saturated rings. The Balaban J connectivity index is 1.55. The normalized spacial score (nSPS) is 17.3. The van der Waals surface area contributed by atoms with Crippen LogP contribution in [-0.4, -0.2) is 27.3 Å². The second-order valence-corrected chi connectivity index (χ2v) is 8.04. The number of aryl methyl sites for hydroxylation is 1. The molecule has 0 saturated carbocycles. The van der Waals surface area contributed by atoms with Crippen molar-refractivity contribution in [1.29, 1.82) is 0 Å². The molecule has 0 N–H and O–H groups in total. The minimum absolute atomic E-state index is 0.0225. The van der Waals surface area contributed by atoms with Crippen molar-refractivity contribution in [1.82, 2.24) is 14.9 Å². The number of hydrogen-bond donors (Lipinski definition) is 0. The Morgan fingerprint density at radius 3 is 3.04 bits per heavy atom. The second kappa shape index (κ2) is 7.82. The maximum Gasteiger partial charge on any atom is 0.266 e. The zero-order valence-corrected chi connectivity index (χ0v) is 16.6. The van der Waals surface area contributed by atoms with Crippen molar-refractivity contribution in [3.8, 4) is 0 Å². The number of amides is 1. The topological polar surface area (TPSA) is 59.2 Å². The number of hydrogen-bond acceptors (Lipinski definition) is 5. The van der Waals surface area contributed by atoms with E-state index in [4.69, 9.17) is 16.0 Å². The summed E-state index contributed by atoms with van der Waals surface area (Å²) in [6.07, 6.45) is 5.30. The van der Waals surface area contributed by atoms with E-state index in [1.54, 1.807) is 11.7 Å². The molecule has 1 aromatic carbocycles. The lowest BCUT2D eigenvalue weighted by Crippen LogP contribution is -2.38. The largest absolute Gasteiger partial charge is 0.443 e. The van der Waals surface area contributed by atoms with E-state index in [0.717, 1.165) is 36.3 Å². The summed E-state index contributed by atoms with van der Waals surface area (Å²) < 4.78 is 6.03. The Morgan fingerprint density at radius 2 is 2.26 bits per heavy atom. The molecule has 3 aromatic rings. The second-order valence-electron chi connectivity index (χ2n) is 6.75. The number of aromatic nitrogens is 2. The van der Waals surface area contributed by atoms with Gasteiger partial charge in [-0.3, -0.25) is 4.79 Å². The van der Waals surface area contributed by atoms with E-state index in [2.05, 4.69) is 9.97 Å². The Labute approximate surface area is 167 Å². The van der Waals surface area contributed by atoms with Crippen LogP contribution in [0.15, 0.2) is 40.4 Å². The van der Waals surface area contributed by atoms with Crippen LogP contribution < -0.4 is 0 Å². The number of thiazole rings is 1. The fourth-order valence-electron chi connectivity index (χ4n) is 3.48. The van der Waals surface area contributed by atoms with E-state index < -0.39 is 0 Å². The molecule has 27 heavy (non-hydrogen) atoms. The van der Waals surface area contributed by atoms with Crippen molar-refractivity contribution in [3.05, 3.63) is 68.8 Å². The molecule has 4 rings (SSSR count). The summed E-state index contributed by atoms with van der Waals surface area (Å²) in [5, 5.41) is 0.705.